The SMILES string of the molecule is C#C[C@@](C)(O)CCC[C@@H](C)CCCC(C)C. The summed E-state index contributed by atoms with van der Waals surface area (Å²) in [5, 5.41) is 9.65. The van der Waals surface area contributed by atoms with Crippen molar-refractivity contribution < 1.29 is 5.11 Å². The summed E-state index contributed by atoms with van der Waals surface area (Å²) in [6, 6.07) is 0. The van der Waals surface area contributed by atoms with Gasteiger partial charge in [-0.15, -0.1) is 6.42 Å². The summed E-state index contributed by atoms with van der Waals surface area (Å²) >= 11 is 0. The summed E-state index contributed by atoms with van der Waals surface area (Å²) in [5.74, 6) is 4.00. The predicted molar refractivity (Wildman–Crippen MR) is 71.2 cm³/mol. The topological polar surface area (TPSA) is 20.2 Å². The van der Waals surface area contributed by atoms with Crippen molar-refractivity contribution in [3.63, 3.8) is 0 Å². The third-order valence-corrected chi connectivity index (χ3v) is 3.15. The average Bonchev–Trinajstić information content (AvgIpc) is 2.17. The van der Waals surface area contributed by atoms with Crippen LogP contribution in [0.15, 0.2) is 0 Å². The minimum Gasteiger partial charge on any atom is -0.378 e. The van der Waals surface area contributed by atoms with Gasteiger partial charge in [0.15, 0.2) is 0 Å². The quantitative estimate of drug-likeness (QED) is 0.618. The Hall–Kier alpha value is -0.480. The monoisotopic (exact) mass is 224 g/mol. The molecule has 0 fully saturated rings. The molecule has 0 aliphatic heterocycles. The molecule has 0 radical (unpaired) electrons. The second-order valence-electron chi connectivity index (χ2n) is 5.74. The van der Waals surface area contributed by atoms with Crippen LogP contribution in [0.4, 0.5) is 0 Å². The molecule has 1 heteroatoms. The zero-order valence-corrected chi connectivity index (χ0v) is 11.4. The Labute approximate surface area is 102 Å². The van der Waals surface area contributed by atoms with Crippen LogP contribution in [0.3, 0.4) is 0 Å². The van der Waals surface area contributed by atoms with Gasteiger partial charge in [0.1, 0.15) is 5.60 Å². The van der Waals surface area contributed by atoms with Gasteiger partial charge in [-0.05, 0) is 31.6 Å². The third-order valence-electron chi connectivity index (χ3n) is 3.15. The van der Waals surface area contributed by atoms with Crippen LogP contribution in [0.2, 0.25) is 0 Å². The fourth-order valence-electron chi connectivity index (χ4n) is 1.89. The van der Waals surface area contributed by atoms with Crippen LogP contribution in [0.5, 0.6) is 0 Å². The van der Waals surface area contributed by atoms with Gasteiger partial charge in [-0.3, -0.25) is 0 Å². The highest BCUT2D eigenvalue weighted by Gasteiger charge is 2.15. The molecule has 0 bridgehead atoms. The molecule has 0 aromatic rings. The van der Waals surface area contributed by atoms with Gasteiger partial charge in [0, 0.05) is 0 Å². The molecule has 0 saturated heterocycles. The average molecular weight is 224 g/mol. The van der Waals surface area contributed by atoms with Crippen molar-refractivity contribution >= 4 is 0 Å². The molecule has 0 aliphatic rings. The number of aliphatic hydroxyl groups is 1. The Morgan fingerprint density at radius 1 is 1.12 bits per heavy atom. The molecule has 0 amide bonds. The maximum atomic E-state index is 9.65. The standard InChI is InChI=1S/C15H28O/c1-6-15(5,16)12-8-11-14(4)10-7-9-13(2)3/h1,13-14,16H,7-12H2,2-5H3/t14-,15+/m0/s1. The summed E-state index contributed by atoms with van der Waals surface area (Å²) in [5.41, 5.74) is -0.905. The lowest BCUT2D eigenvalue weighted by atomic mass is 9.92. The second-order valence-corrected chi connectivity index (χ2v) is 5.74. The van der Waals surface area contributed by atoms with Crippen LogP contribution in [-0.2, 0) is 0 Å². The summed E-state index contributed by atoms with van der Waals surface area (Å²) in [7, 11) is 0. The van der Waals surface area contributed by atoms with Crippen molar-refractivity contribution in [2.75, 3.05) is 0 Å². The van der Waals surface area contributed by atoms with Gasteiger partial charge in [0.25, 0.3) is 0 Å². The van der Waals surface area contributed by atoms with Crippen LogP contribution in [0.25, 0.3) is 0 Å². The molecule has 0 unspecified atom stereocenters. The van der Waals surface area contributed by atoms with E-state index in [0.29, 0.717) is 0 Å². The molecule has 1 N–H and O–H groups in total. The maximum Gasteiger partial charge on any atom is 0.122 e. The highest BCUT2D eigenvalue weighted by Crippen LogP contribution is 2.20. The van der Waals surface area contributed by atoms with Crippen LogP contribution in [0.1, 0.15) is 66.2 Å². The van der Waals surface area contributed by atoms with E-state index >= 15 is 0 Å². The van der Waals surface area contributed by atoms with E-state index in [1.54, 1.807) is 6.92 Å². The van der Waals surface area contributed by atoms with Gasteiger partial charge in [-0.2, -0.15) is 0 Å². The summed E-state index contributed by atoms with van der Waals surface area (Å²) in [6.07, 6.45) is 12.1. The fraction of sp³-hybridized carbons (Fsp3) is 0.867. The summed E-state index contributed by atoms with van der Waals surface area (Å²) < 4.78 is 0. The molecule has 0 aliphatic carbocycles. The Morgan fingerprint density at radius 3 is 2.19 bits per heavy atom. The lowest BCUT2D eigenvalue weighted by molar-refractivity contribution is 0.107. The van der Waals surface area contributed by atoms with Gasteiger partial charge in [0.2, 0.25) is 0 Å². The Morgan fingerprint density at radius 2 is 1.69 bits per heavy atom. The number of hydrogen-bond acceptors (Lipinski definition) is 1. The van der Waals surface area contributed by atoms with Crippen molar-refractivity contribution in [1.29, 1.82) is 0 Å². The van der Waals surface area contributed by atoms with Crippen molar-refractivity contribution in [2.45, 2.75) is 71.8 Å². The molecule has 0 rings (SSSR count). The van der Waals surface area contributed by atoms with Crippen molar-refractivity contribution in [3.8, 4) is 12.3 Å². The van der Waals surface area contributed by atoms with E-state index in [0.717, 1.165) is 24.7 Å². The first-order valence-corrected chi connectivity index (χ1v) is 6.57. The smallest absolute Gasteiger partial charge is 0.122 e. The lowest BCUT2D eigenvalue weighted by Crippen LogP contribution is -2.20. The van der Waals surface area contributed by atoms with Crippen molar-refractivity contribution in [2.24, 2.45) is 11.8 Å². The minimum absolute atomic E-state index is 0.720. The zero-order valence-electron chi connectivity index (χ0n) is 11.4. The first-order valence-electron chi connectivity index (χ1n) is 6.57. The Kier molecular flexibility index (Phi) is 7.51. The second kappa shape index (κ2) is 7.74. The predicted octanol–water partition coefficient (Wildman–Crippen LogP) is 4.00. The Balaban J connectivity index is 3.52. The number of terminal acetylenes is 1. The fourth-order valence-corrected chi connectivity index (χ4v) is 1.89. The van der Waals surface area contributed by atoms with E-state index in [1.807, 2.05) is 0 Å². The van der Waals surface area contributed by atoms with Crippen LogP contribution in [-0.4, -0.2) is 10.7 Å². The van der Waals surface area contributed by atoms with E-state index in [2.05, 4.69) is 26.7 Å². The minimum atomic E-state index is -0.905. The largest absolute Gasteiger partial charge is 0.378 e. The van der Waals surface area contributed by atoms with Gasteiger partial charge in [0.05, 0.1) is 0 Å². The third kappa shape index (κ3) is 8.80. The first kappa shape index (κ1) is 15.5. The molecule has 16 heavy (non-hydrogen) atoms. The summed E-state index contributed by atoms with van der Waals surface area (Å²) in [4.78, 5) is 0. The van der Waals surface area contributed by atoms with Crippen LogP contribution in [0, 0.1) is 24.2 Å². The molecule has 0 spiro atoms. The molecule has 0 aromatic heterocycles. The van der Waals surface area contributed by atoms with E-state index < -0.39 is 5.60 Å². The molecule has 2 atom stereocenters. The maximum absolute atomic E-state index is 9.65. The molecular formula is C15H28O. The van der Waals surface area contributed by atoms with Gasteiger partial charge in [-0.1, -0.05) is 52.4 Å². The molecule has 1 nitrogen and oxygen atoms in total. The zero-order chi connectivity index (χ0) is 12.6. The lowest BCUT2D eigenvalue weighted by Gasteiger charge is -2.17. The van der Waals surface area contributed by atoms with E-state index in [9.17, 15) is 5.11 Å². The summed E-state index contributed by atoms with van der Waals surface area (Å²) in [6.45, 7) is 8.56. The number of hydrogen-bond donors (Lipinski definition) is 1. The highest BCUT2D eigenvalue weighted by atomic mass is 16.3. The van der Waals surface area contributed by atoms with Crippen LogP contribution < -0.4 is 0 Å². The van der Waals surface area contributed by atoms with Crippen molar-refractivity contribution in [3.05, 3.63) is 0 Å². The first-order chi connectivity index (χ1) is 7.37. The molecule has 0 heterocycles. The highest BCUT2D eigenvalue weighted by molar-refractivity contribution is 5.03. The Bertz CT molecular complexity index is 210. The van der Waals surface area contributed by atoms with Gasteiger partial charge in [-0.25, -0.2) is 0 Å². The van der Waals surface area contributed by atoms with Crippen molar-refractivity contribution in [1.82, 2.24) is 0 Å². The normalized spacial score (nSPS) is 16.8. The molecular weight excluding hydrogens is 196 g/mol. The molecule has 0 saturated carbocycles. The van der Waals surface area contributed by atoms with E-state index in [-0.39, 0.29) is 0 Å². The van der Waals surface area contributed by atoms with Gasteiger partial charge >= 0.3 is 0 Å². The molecule has 0 aromatic carbocycles. The van der Waals surface area contributed by atoms with Gasteiger partial charge < -0.3 is 5.11 Å². The number of rotatable bonds is 8. The van der Waals surface area contributed by atoms with E-state index in [1.165, 1.54) is 25.7 Å². The molecule has 94 valence electrons. The van der Waals surface area contributed by atoms with Crippen LogP contribution >= 0.6 is 0 Å². The van der Waals surface area contributed by atoms with E-state index in [4.69, 9.17) is 6.42 Å².